The molecule has 29 aromatic carbocycles. The quantitative estimate of drug-likeness (QED) is 0.179. The molecular weight excluding hydrogens is 869 g/mol. The highest BCUT2D eigenvalue weighted by molar-refractivity contribution is 6.82. The molecule has 5 aliphatic rings. The fourth-order valence-electron chi connectivity index (χ4n) is 26.4. The van der Waals surface area contributed by atoms with Crippen molar-refractivity contribution < 1.29 is 0 Å². The minimum absolute atomic E-state index is 0.137. The third-order valence-electron chi connectivity index (χ3n) is 26.3. The van der Waals surface area contributed by atoms with Crippen LogP contribution < -0.4 is 5.73 Å². The van der Waals surface area contributed by atoms with Crippen LogP contribution in [-0.2, 0) is 10.8 Å². The molecule has 4 aliphatic carbocycles. The molecule has 304 valence electrons. The Morgan fingerprint density at radius 2 is 0.500 bits per heavy atom. The van der Waals surface area contributed by atoms with Gasteiger partial charge in [-0.3, -0.25) is 4.90 Å². The first-order chi connectivity index (χ1) is 35.9. The van der Waals surface area contributed by atoms with Crippen molar-refractivity contribution >= 4 is 291 Å². The Hall–Kier alpha value is -8.40. The summed E-state index contributed by atoms with van der Waals surface area (Å²) >= 11 is 0. The molecule has 0 bridgehead atoms. The number of nitrogens with two attached hydrogens (primary N) is 1. The van der Waals surface area contributed by atoms with Crippen LogP contribution in [0, 0.1) is 0 Å². The van der Waals surface area contributed by atoms with Crippen molar-refractivity contribution in [3.05, 3.63) is 58.1 Å². The Balaban J connectivity index is 1.16. The summed E-state index contributed by atoms with van der Waals surface area (Å²) in [4.78, 5) is 3.00. The summed E-state index contributed by atoms with van der Waals surface area (Å²) in [5.41, 5.74) is 14.9. The van der Waals surface area contributed by atoms with Crippen LogP contribution in [0.15, 0.2) is 30.3 Å². The van der Waals surface area contributed by atoms with Gasteiger partial charge in [-0.25, -0.2) is 0 Å². The molecule has 0 amide bonds. The van der Waals surface area contributed by atoms with E-state index in [4.69, 9.17) is 5.73 Å². The van der Waals surface area contributed by atoms with E-state index in [1.807, 2.05) is 0 Å². The van der Waals surface area contributed by atoms with Crippen LogP contribution in [-0.4, -0.2) is 24.5 Å². The van der Waals surface area contributed by atoms with Crippen LogP contribution in [0.1, 0.15) is 33.9 Å². The number of hydrogen-bond donors (Lipinski definition) is 1. The molecule has 1 unspecified atom stereocenters. The van der Waals surface area contributed by atoms with Crippen LogP contribution >= 0.6 is 0 Å². The average molecular weight is 883 g/mol. The second kappa shape index (κ2) is 6.27. The third kappa shape index (κ3) is 1.45. The standard InChI is InChI=1S/C70H14N2/c71-6-7-72-8-69-64-56-48-38-28-20-12-10-11-14-18-16(12)24-32-26(18)36-30-22(14)23-15(11)19-17-13(10)21(20)29-35-25(17)33-27(19)37-31(23)41-40(30)52-46(36)54-44(32)50(42(48)34(24)28)58(64)60(54)66-62(52)63-53(41)47(37)55-45(33)51-43(35)49(39(29)38)57(56)65(69)59(51)61(55)67(63)70(66,69)68(72)9-4-2-1-3-5-9/h1-5,68H,6-8,71H2. The molecule has 2 nitrogen and oxygen atoms in total. The van der Waals surface area contributed by atoms with E-state index >= 15 is 0 Å². The van der Waals surface area contributed by atoms with Crippen LogP contribution in [0.5, 0.6) is 0 Å². The van der Waals surface area contributed by atoms with Gasteiger partial charge in [-0.2, -0.15) is 0 Å². The summed E-state index contributed by atoms with van der Waals surface area (Å²) in [6, 6.07) is 12.2. The fraction of sp³-hybridized carbons (Fsp3) is 0.0857. The van der Waals surface area contributed by atoms with Crippen molar-refractivity contribution in [3.63, 3.8) is 0 Å². The highest BCUT2D eigenvalue weighted by Gasteiger charge is 2.76. The van der Waals surface area contributed by atoms with Crippen LogP contribution in [0.4, 0.5) is 0 Å². The lowest BCUT2D eigenvalue weighted by atomic mass is 9.47. The highest BCUT2D eigenvalue weighted by atomic mass is 15.2. The first-order valence-corrected chi connectivity index (χ1v) is 27.1. The molecule has 72 heavy (non-hydrogen) atoms. The van der Waals surface area contributed by atoms with Crippen LogP contribution in [0.25, 0.3) is 291 Å². The molecule has 2 spiro atoms. The monoisotopic (exact) mass is 882 g/mol. The van der Waals surface area contributed by atoms with E-state index < -0.39 is 0 Å². The largest absolute Gasteiger partial charge is 0.329 e. The molecule has 1 fully saturated rings. The van der Waals surface area contributed by atoms with Gasteiger partial charge in [0.05, 0.1) is 10.8 Å². The SMILES string of the molecule is NCCN1CC23c4c5c6c7c8c9c(c%10c%11c2c2c4c4c%12c5c5c6c6c8c8c%13c9c9c%10c%10c%11c%11c2c2c4c4c%12c%12c5c5c6c8c6c8c%13c9c9c%10c%10c%11c2c2c4c4c%12c5c6c5c8c9c%10c2c45)C73C1c1ccccc1. The predicted octanol–water partition coefficient (Wildman–Crippen LogP) is 17.3. The van der Waals surface area contributed by atoms with E-state index in [0.29, 0.717) is 6.54 Å². The maximum absolute atomic E-state index is 7.02. The first kappa shape index (κ1) is 27.3. The molecular formula is C70H14N2. The summed E-state index contributed by atoms with van der Waals surface area (Å²) in [6.45, 7) is 2.57. The van der Waals surface area contributed by atoms with Crippen molar-refractivity contribution in [3.8, 4) is 0 Å². The Morgan fingerprint density at radius 1 is 0.292 bits per heavy atom. The Labute approximate surface area is 394 Å². The van der Waals surface area contributed by atoms with Gasteiger partial charge in [-0.15, -0.1) is 0 Å². The maximum Gasteiger partial charge on any atom is 0.0575 e. The highest BCUT2D eigenvalue weighted by Crippen LogP contribution is 2.87. The van der Waals surface area contributed by atoms with Crippen molar-refractivity contribution in [1.29, 1.82) is 0 Å². The van der Waals surface area contributed by atoms with Gasteiger partial charge in [0.2, 0.25) is 0 Å². The van der Waals surface area contributed by atoms with E-state index in [0.717, 1.165) is 13.1 Å². The summed E-state index contributed by atoms with van der Waals surface area (Å²) in [7, 11) is 0. The third-order valence-corrected chi connectivity index (χ3v) is 26.3. The normalized spacial score (nSPS) is 23.6. The van der Waals surface area contributed by atoms with E-state index in [2.05, 4.69) is 35.2 Å². The molecule has 29 aromatic rings. The van der Waals surface area contributed by atoms with Gasteiger partial charge < -0.3 is 5.73 Å². The zero-order valence-corrected chi connectivity index (χ0v) is 37.1. The minimum atomic E-state index is -0.338. The minimum Gasteiger partial charge on any atom is -0.329 e. The van der Waals surface area contributed by atoms with Gasteiger partial charge >= 0.3 is 0 Å². The summed E-state index contributed by atoms with van der Waals surface area (Å²) in [5, 5.41) is 90.0. The molecule has 34 rings (SSSR count). The fourth-order valence-corrected chi connectivity index (χ4v) is 26.4. The van der Waals surface area contributed by atoms with Crippen molar-refractivity contribution in [2.24, 2.45) is 5.73 Å². The topological polar surface area (TPSA) is 29.3 Å². The van der Waals surface area contributed by atoms with E-state index in [-0.39, 0.29) is 16.9 Å². The van der Waals surface area contributed by atoms with Gasteiger partial charge in [0.25, 0.3) is 0 Å². The van der Waals surface area contributed by atoms with Gasteiger partial charge in [0.15, 0.2) is 0 Å². The Bertz CT molecular complexity index is 7220. The number of benzene rings is 19. The number of likely N-dealkylation sites (tertiary alicyclic amines) is 1. The number of rotatable bonds is 3. The van der Waals surface area contributed by atoms with Crippen molar-refractivity contribution in [2.75, 3.05) is 19.6 Å². The number of hydrogen-bond acceptors (Lipinski definition) is 2. The zero-order chi connectivity index (χ0) is 42.9. The molecule has 2 N–H and O–H groups in total. The van der Waals surface area contributed by atoms with Crippen molar-refractivity contribution in [1.82, 2.24) is 4.90 Å². The summed E-state index contributed by atoms with van der Waals surface area (Å²) in [6.07, 6.45) is 0. The molecule has 0 saturated carbocycles. The molecule has 1 atom stereocenters. The summed E-state index contributed by atoms with van der Waals surface area (Å²) < 4.78 is 0. The first-order valence-electron chi connectivity index (χ1n) is 27.1. The Kier molecular flexibility index (Phi) is 2.38. The maximum atomic E-state index is 7.02. The second-order valence-electron chi connectivity index (χ2n) is 26.5. The zero-order valence-electron chi connectivity index (χ0n) is 37.1. The molecule has 0 aromatic heterocycles. The molecule has 1 saturated heterocycles. The smallest absolute Gasteiger partial charge is 0.0575 e. The lowest BCUT2D eigenvalue weighted by molar-refractivity contribution is 0.232. The lowest BCUT2D eigenvalue weighted by Crippen LogP contribution is -2.51. The van der Waals surface area contributed by atoms with Gasteiger partial charge in [0.1, 0.15) is 0 Å². The van der Waals surface area contributed by atoms with Gasteiger partial charge in [-0.1, -0.05) is 30.3 Å². The lowest BCUT2D eigenvalue weighted by Gasteiger charge is -2.52. The average Bonchev–Trinajstić information content (AvgIpc) is 4.36. The van der Waals surface area contributed by atoms with Gasteiger partial charge in [-0.05, 0) is 319 Å². The van der Waals surface area contributed by atoms with Crippen LogP contribution in [0.3, 0.4) is 0 Å². The molecule has 1 aliphatic heterocycles. The molecule has 0 radical (unpaired) electrons. The van der Waals surface area contributed by atoms with E-state index in [1.165, 1.54) is 5.56 Å². The second-order valence-corrected chi connectivity index (χ2v) is 26.5. The molecule has 1 heterocycles. The summed E-state index contributed by atoms with van der Waals surface area (Å²) in [5.74, 6) is 0. The molecule has 2 heteroatoms. The van der Waals surface area contributed by atoms with Crippen LogP contribution in [0.2, 0.25) is 0 Å². The number of nitrogens with zero attached hydrogens (tertiary/aromatic N) is 1. The van der Waals surface area contributed by atoms with Crippen molar-refractivity contribution in [2.45, 2.75) is 16.9 Å². The van der Waals surface area contributed by atoms with Gasteiger partial charge in [0, 0.05) is 25.7 Å². The predicted molar refractivity (Wildman–Crippen MR) is 304 cm³/mol. The van der Waals surface area contributed by atoms with E-state index in [1.54, 1.807) is 313 Å². The Morgan fingerprint density at radius 3 is 0.722 bits per heavy atom. The van der Waals surface area contributed by atoms with E-state index in [9.17, 15) is 0 Å².